The molecule has 3 nitrogen and oxygen atoms in total. The Balaban J connectivity index is 0.00000176. The number of pyridine rings is 1. The van der Waals surface area contributed by atoms with Gasteiger partial charge in [0, 0.05) is 38.9 Å². The van der Waals surface area contributed by atoms with Crippen molar-refractivity contribution < 1.29 is 20.4 Å². The molecule has 1 aliphatic rings. The fraction of sp³-hybridized carbons (Fsp3) is 0.222. The van der Waals surface area contributed by atoms with E-state index in [4.69, 9.17) is 0 Å². The molecule has 0 unspecified atom stereocenters. The molecule has 0 atom stereocenters. The number of aryl methyl sites for hydroxylation is 3. The van der Waals surface area contributed by atoms with Gasteiger partial charge in [-0.25, -0.2) is 0 Å². The second-order valence-corrected chi connectivity index (χ2v) is 5.56. The molecule has 2 aromatic rings. The van der Waals surface area contributed by atoms with Crippen molar-refractivity contribution in [1.29, 1.82) is 0 Å². The van der Waals surface area contributed by atoms with Crippen LogP contribution in [0.5, 0.6) is 0 Å². The summed E-state index contributed by atoms with van der Waals surface area (Å²) in [6.45, 7) is 9.38. The van der Waals surface area contributed by atoms with E-state index in [-0.39, 0.29) is 20.4 Å². The number of benzene rings is 1. The Labute approximate surface area is 146 Å². The van der Waals surface area contributed by atoms with Gasteiger partial charge in [-0.05, 0) is 56.4 Å². The quantitative estimate of drug-likeness (QED) is 0.590. The van der Waals surface area contributed by atoms with Crippen LogP contribution in [0.15, 0.2) is 48.9 Å². The summed E-state index contributed by atoms with van der Waals surface area (Å²) in [7, 11) is 0. The normalized spacial score (nSPS) is 13.4. The summed E-state index contributed by atoms with van der Waals surface area (Å²) in [6, 6.07) is 10.5. The van der Waals surface area contributed by atoms with Crippen LogP contribution >= 0.6 is 0 Å². The summed E-state index contributed by atoms with van der Waals surface area (Å²) in [5.74, 6) is 0. The number of nitrogens with zero attached hydrogens (tertiary/aromatic N) is 3. The van der Waals surface area contributed by atoms with Crippen molar-refractivity contribution in [3.05, 3.63) is 78.0 Å². The Hall–Kier alpha value is -1.63. The third-order valence-electron chi connectivity index (χ3n) is 3.66. The molecule has 3 rings (SSSR count). The zero-order valence-electron chi connectivity index (χ0n) is 13.1. The first-order valence-electron chi connectivity index (χ1n) is 7.18. The van der Waals surface area contributed by atoms with Gasteiger partial charge in [0.2, 0.25) is 0 Å². The summed E-state index contributed by atoms with van der Waals surface area (Å²) in [5, 5.41) is 0. The molecular weight excluding hydrogens is 365 g/mol. The van der Waals surface area contributed by atoms with Crippen LogP contribution in [0.25, 0.3) is 0 Å². The van der Waals surface area contributed by atoms with Crippen molar-refractivity contribution in [2.75, 3.05) is 4.90 Å². The van der Waals surface area contributed by atoms with Crippen LogP contribution in [0.3, 0.4) is 0 Å². The van der Waals surface area contributed by atoms with Crippen LogP contribution in [-0.2, 0) is 27.0 Å². The molecule has 0 spiro atoms. The Bertz CT molecular complexity index is 644. The topological polar surface area (TPSA) is 19.4 Å². The van der Waals surface area contributed by atoms with E-state index >= 15 is 0 Å². The fourth-order valence-corrected chi connectivity index (χ4v) is 2.88. The van der Waals surface area contributed by atoms with Crippen molar-refractivity contribution in [3.63, 3.8) is 0 Å². The maximum absolute atomic E-state index is 4.37. The van der Waals surface area contributed by atoms with Gasteiger partial charge in [0.15, 0.2) is 0 Å². The molecule has 0 aliphatic carbocycles. The van der Waals surface area contributed by atoms with Crippen molar-refractivity contribution in [2.45, 2.75) is 27.3 Å². The van der Waals surface area contributed by atoms with Crippen LogP contribution < -0.4 is 4.90 Å². The van der Waals surface area contributed by atoms with Gasteiger partial charge >= 0.3 is 0 Å². The Morgan fingerprint density at radius 3 is 2.41 bits per heavy atom. The molecule has 0 radical (unpaired) electrons. The molecule has 118 valence electrons. The maximum Gasteiger partial charge on any atom is 0.0571 e. The van der Waals surface area contributed by atoms with Crippen LogP contribution in [0.1, 0.15) is 22.4 Å². The molecule has 0 saturated heterocycles. The summed E-state index contributed by atoms with van der Waals surface area (Å²) >= 11 is 0. The van der Waals surface area contributed by atoms with Gasteiger partial charge in [0.05, 0.1) is 5.69 Å². The molecule has 1 aliphatic heterocycles. The molecule has 0 amide bonds. The van der Waals surface area contributed by atoms with Crippen LogP contribution in [0.2, 0.25) is 0 Å². The van der Waals surface area contributed by atoms with E-state index in [2.05, 4.69) is 66.8 Å². The van der Waals surface area contributed by atoms with Crippen LogP contribution in [0.4, 0.5) is 5.69 Å². The van der Waals surface area contributed by atoms with Gasteiger partial charge in [-0.15, -0.1) is 0 Å². The van der Waals surface area contributed by atoms with E-state index in [0.717, 1.165) is 12.2 Å². The zero-order chi connectivity index (χ0) is 14.8. The van der Waals surface area contributed by atoms with Crippen LogP contribution in [0, 0.1) is 27.4 Å². The number of hydrogen-bond acceptors (Lipinski definition) is 3. The summed E-state index contributed by atoms with van der Waals surface area (Å²) in [6.07, 6.45) is 6.03. The predicted molar refractivity (Wildman–Crippen MR) is 86.4 cm³/mol. The minimum Gasteiger partial charge on any atom is -0.503 e. The number of aromatic nitrogens is 1. The SMILES string of the molecule is Cc1cc(C)c(N2C=CN(Cc3ccccn3)[CH-]2)c(C)c1.[Pd]. The molecule has 0 bridgehead atoms. The first kappa shape index (κ1) is 16.7. The fourth-order valence-electron chi connectivity index (χ4n) is 2.88. The smallest absolute Gasteiger partial charge is 0.0571 e. The van der Waals surface area contributed by atoms with Gasteiger partial charge in [-0.3, -0.25) is 4.98 Å². The van der Waals surface area contributed by atoms with E-state index in [0.29, 0.717) is 0 Å². The molecule has 4 heteroatoms. The Morgan fingerprint density at radius 2 is 1.77 bits per heavy atom. The van der Waals surface area contributed by atoms with Gasteiger partial charge in [-0.2, -0.15) is 6.67 Å². The molecule has 1 aromatic carbocycles. The van der Waals surface area contributed by atoms with E-state index in [9.17, 15) is 0 Å². The van der Waals surface area contributed by atoms with E-state index in [1.54, 1.807) is 0 Å². The first-order valence-corrected chi connectivity index (χ1v) is 7.18. The zero-order valence-corrected chi connectivity index (χ0v) is 14.6. The first-order chi connectivity index (χ1) is 10.1. The predicted octanol–water partition coefficient (Wildman–Crippen LogP) is 3.92. The van der Waals surface area contributed by atoms with Gasteiger partial charge < -0.3 is 9.80 Å². The maximum atomic E-state index is 4.37. The molecule has 0 saturated carbocycles. The van der Waals surface area contributed by atoms with E-state index in [1.807, 2.05) is 24.4 Å². The molecular formula is C18H20N3Pd-. The minimum atomic E-state index is 0. The van der Waals surface area contributed by atoms with Crippen molar-refractivity contribution in [3.8, 4) is 0 Å². The average molecular weight is 385 g/mol. The van der Waals surface area contributed by atoms with Crippen molar-refractivity contribution in [2.24, 2.45) is 0 Å². The van der Waals surface area contributed by atoms with Crippen molar-refractivity contribution in [1.82, 2.24) is 9.88 Å². The van der Waals surface area contributed by atoms with Gasteiger partial charge in [-0.1, -0.05) is 23.8 Å². The van der Waals surface area contributed by atoms with E-state index < -0.39 is 0 Å². The second kappa shape index (κ2) is 7.09. The number of rotatable bonds is 3. The summed E-state index contributed by atoms with van der Waals surface area (Å²) in [4.78, 5) is 8.71. The van der Waals surface area contributed by atoms with Gasteiger partial charge in [0.25, 0.3) is 0 Å². The Morgan fingerprint density at radius 1 is 1.05 bits per heavy atom. The number of hydrogen-bond donors (Lipinski definition) is 0. The van der Waals surface area contributed by atoms with Crippen molar-refractivity contribution >= 4 is 5.69 Å². The monoisotopic (exact) mass is 384 g/mol. The average Bonchev–Trinajstić information content (AvgIpc) is 2.87. The molecule has 0 N–H and O–H groups in total. The molecule has 22 heavy (non-hydrogen) atoms. The Kier molecular flexibility index (Phi) is 5.39. The second-order valence-electron chi connectivity index (χ2n) is 5.56. The van der Waals surface area contributed by atoms with E-state index in [1.165, 1.54) is 22.4 Å². The summed E-state index contributed by atoms with van der Waals surface area (Å²) < 4.78 is 0. The number of anilines is 1. The minimum absolute atomic E-state index is 0. The molecule has 1 aromatic heterocycles. The van der Waals surface area contributed by atoms with Gasteiger partial charge in [0.1, 0.15) is 0 Å². The molecule has 2 heterocycles. The summed E-state index contributed by atoms with van der Waals surface area (Å²) in [5.41, 5.74) is 6.24. The molecule has 0 fully saturated rings. The third kappa shape index (κ3) is 3.58. The third-order valence-corrected chi connectivity index (χ3v) is 3.66. The van der Waals surface area contributed by atoms with Crippen LogP contribution in [-0.4, -0.2) is 9.88 Å². The standard InChI is InChI=1S/C18H20N3.Pd/c1-14-10-15(2)18(16(3)11-14)21-9-8-20(13-21)12-17-6-4-5-7-19-17;/h4-11,13H,12H2,1-3H3;/q-1;. The largest absolute Gasteiger partial charge is 0.503 e.